The quantitative estimate of drug-likeness (QED) is 0.515. The summed E-state index contributed by atoms with van der Waals surface area (Å²) in [6.45, 7) is 0.724. The van der Waals surface area contributed by atoms with E-state index in [9.17, 15) is 14.0 Å². The lowest BCUT2D eigenvalue weighted by atomic mass is 10.2. The monoisotopic (exact) mass is 425 g/mol. The van der Waals surface area contributed by atoms with Crippen molar-refractivity contribution >= 4 is 28.5 Å². The fourth-order valence-electron chi connectivity index (χ4n) is 3.06. The number of nitrogens with zero attached hydrogens (tertiary/aromatic N) is 4. The lowest BCUT2D eigenvalue weighted by Gasteiger charge is -2.08. The summed E-state index contributed by atoms with van der Waals surface area (Å²) in [5.74, 6) is -0.611. The van der Waals surface area contributed by atoms with Gasteiger partial charge in [-0.25, -0.2) is 14.1 Å². The standard InChI is InChI=1S/C21H17ClFN5O2/c22-16-7-5-14(6-8-16)20(29)24-9-10-28-19-17(11-26-28)21(30)27(13-25-19)12-15-3-1-2-4-18(15)23/h1-8,11,13H,9-10,12H2,(H,24,29). The van der Waals surface area contributed by atoms with Crippen LogP contribution in [0.5, 0.6) is 0 Å². The zero-order chi connectivity index (χ0) is 21.1. The summed E-state index contributed by atoms with van der Waals surface area (Å²) in [7, 11) is 0. The fraction of sp³-hybridized carbons (Fsp3) is 0.143. The van der Waals surface area contributed by atoms with Gasteiger partial charge in [-0.3, -0.25) is 14.2 Å². The van der Waals surface area contributed by atoms with Gasteiger partial charge in [-0.1, -0.05) is 29.8 Å². The van der Waals surface area contributed by atoms with E-state index in [-0.39, 0.29) is 23.8 Å². The third-order valence-corrected chi connectivity index (χ3v) is 4.89. The van der Waals surface area contributed by atoms with Crippen molar-refractivity contribution < 1.29 is 9.18 Å². The van der Waals surface area contributed by atoms with Crippen LogP contribution in [0.3, 0.4) is 0 Å². The minimum atomic E-state index is -0.378. The van der Waals surface area contributed by atoms with Gasteiger partial charge in [0, 0.05) is 22.7 Å². The number of hydrogen-bond donors (Lipinski definition) is 1. The maximum Gasteiger partial charge on any atom is 0.264 e. The molecule has 0 saturated heterocycles. The number of carbonyl (C=O) groups is 1. The summed E-state index contributed by atoms with van der Waals surface area (Å²) >= 11 is 5.82. The van der Waals surface area contributed by atoms with Gasteiger partial charge in [-0.15, -0.1) is 0 Å². The number of benzene rings is 2. The highest BCUT2D eigenvalue weighted by atomic mass is 35.5. The van der Waals surface area contributed by atoms with Gasteiger partial charge >= 0.3 is 0 Å². The van der Waals surface area contributed by atoms with Crippen LogP contribution in [0.4, 0.5) is 4.39 Å². The number of hydrogen-bond acceptors (Lipinski definition) is 4. The van der Waals surface area contributed by atoms with Gasteiger partial charge in [0.05, 0.1) is 19.3 Å². The van der Waals surface area contributed by atoms with E-state index in [1.807, 2.05) is 0 Å². The van der Waals surface area contributed by atoms with E-state index < -0.39 is 0 Å². The number of amides is 1. The lowest BCUT2D eigenvalue weighted by Crippen LogP contribution is -2.27. The van der Waals surface area contributed by atoms with Crippen LogP contribution in [0.2, 0.25) is 5.02 Å². The first-order valence-corrected chi connectivity index (χ1v) is 9.59. The Morgan fingerprint density at radius 2 is 1.90 bits per heavy atom. The molecular formula is C21H17ClFN5O2. The maximum atomic E-state index is 13.9. The molecule has 0 unspecified atom stereocenters. The van der Waals surface area contributed by atoms with Crippen molar-refractivity contribution in [1.29, 1.82) is 0 Å². The van der Waals surface area contributed by atoms with Crippen molar-refractivity contribution in [2.45, 2.75) is 13.1 Å². The smallest absolute Gasteiger partial charge is 0.264 e. The largest absolute Gasteiger partial charge is 0.350 e. The van der Waals surface area contributed by atoms with Gasteiger partial charge < -0.3 is 5.32 Å². The highest BCUT2D eigenvalue weighted by Crippen LogP contribution is 2.11. The number of halogens is 2. The Labute approximate surface area is 175 Å². The Hall–Kier alpha value is -3.52. The Bertz CT molecular complexity index is 1270. The Kier molecular flexibility index (Phi) is 5.58. The zero-order valence-electron chi connectivity index (χ0n) is 15.8. The van der Waals surface area contributed by atoms with E-state index in [2.05, 4.69) is 15.4 Å². The molecule has 1 N–H and O–H groups in total. The highest BCUT2D eigenvalue weighted by molar-refractivity contribution is 6.30. The van der Waals surface area contributed by atoms with E-state index in [1.165, 1.54) is 23.2 Å². The first-order chi connectivity index (χ1) is 14.5. The Morgan fingerprint density at radius 3 is 2.67 bits per heavy atom. The highest BCUT2D eigenvalue weighted by Gasteiger charge is 2.12. The van der Waals surface area contributed by atoms with Crippen molar-refractivity contribution in [3.8, 4) is 0 Å². The van der Waals surface area contributed by atoms with E-state index in [1.54, 1.807) is 47.1 Å². The number of carbonyl (C=O) groups excluding carboxylic acids is 1. The third-order valence-electron chi connectivity index (χ3n) is 4.64. The van der Waals surface area contributed by atoms with Gasteiger partial charge in [0.2, 0.25) is 0 Å². The van der Waals surface area contributed by atoms with Crippen molar-refractivity contribution in [3.05, 3.63) is 93.4 Å². The van der Waals surface area contributed by atoms with E-state index in [0.717, 1.165) is 0 Å². The van der Waals surface area contributed by atoms with Crippen LogP contribution in [0.25, 0.3) is 11.0 Å². The van der Waals surface area contributed by atoms with Crippen LogP contribution in [0, 0.1) is 5.82 Å². The van der Waals surface area contributed by atoms with Crippen molar-refractivity contribution in [2.75, 3.05) is 6.54 Å². The van der Waals surface area contributed by atoms with Crippen molar-refractivity contribution in [1.82, 2.24) is 24.6 Å². The molecule has 4 rings (SSSR count). The molecule has 152 valence electrons. The molecule has 0 aliphatic carbocycles. The van der Waals surface area contributed by atoms with Gasteiger partial charge in [0.15, 0.2) is 5.65 Å². The maximum absolute atomic E-state index is 13.9. The normalized spacial score (nSPS) is 11.0. The van der Waals surface area contributed by atoms with Crippen LogP contribution < -0.4 is 10.9 Å². The number of nitrogens with one attached hydrogen (secondary N) is 1. The van der Waals surface area contributed by atoms with Crippen molar-refractivity contribution in [2.24, 2.45) is 0 Å². The van der Waals surface area contributed by atoms with E-state index in [4.69, 9.17) is 11.6 Å². The number of rotatable bonds is 6. The molecule has 0 bridgehead atoms. The van der Waals surface area contributed by atoms with Gasteiger partial charge in [-0.2, -0.15) is 5.10 Å². The molecule has 0 spiro atoms. The Morgan fingerprint density at radius 1 is 1.13 bits per heavy atom. The molecule has 30 heavy (non-hydrogen) atoms. The van der Waals surface area contributed by atoms with E-state index in [0.29, 0.717) is 40.3 Å². The predicted octanol–water partition coefficient (Wildman–Crippen LogP) is 2.86. The first-order valence-electron chi connectivity index (χ1n) is 9.21. The molecule has 1 amide bonds. The van der Waals surface area contributed by atoms with Crippen LogP contribution in [0.15, 0.2) is 65.8 Å². The summed E-state index contributed by atoms with van der Waals surface area (Å²) in [6.07, 6.45) is 2.81. The summed E-state index contributed by atoms with van der Waals surface area (Å²) < 4.78 is 16.8. The minimum absolute atomic E-state index is 0.0801. The van der Waals surface area contributed by atoms with E-state index >= 15 is 0 Å². The third kappa shape index (κ3) is 4.08. The molecule has 0 saturated carbocycles. The number of fused-ring (bicyclic) bond motifs is 1. The van der Waals surface area contributed by atoms with Crippen molar-refractivity contribution in [3.63, 3.8) is 0 Å². The minimum Gasteiger partial charge on any atom is -0.350 e. The molecule has 0 radical (unpaired) electrons. The first kappa shape index (κ1) is 19.8. The average molecular weight is 426 g/mol. The molecule has 7 nitrogen and oxygen atoms in total. The second kappa shape index (κ2) is 8.46. The van der Waals surface area contributed by atoms with Crippen LogP contribution >= 0.6 is 11.6 Å². The molecule has 0 aliphatic rings. The molecular weight excluding hydrogens is 409 g/mol. The molecule has 2 heterocycles. The molecule has 2 aromatic carbocycles. The summed E-state index contributed by atoms with van der Waals surface area (Å²) in [5.41, 5.74) is 1.00. The lowest BCUT2D eigenvalue weighted by molar-refractivity contribution is 0.0952. The molecule has 0 fully saturated rings. The molecule has 0 atom stereocenters. The second-order valence-corrected chi connectivity index (χ2v) is 7.07. The summed E-state index contributed by atoms with van der Waals surface area (Å²) in [4.78, 5) is 29.2. The molecule has 0 aliphatic heterocycles. The SMILES string of the molecule is O=C(NCCn1ncc2c(=O)n(Cc3ccccc3F)cnc21)c1ccc(Cl)cc1. The molecule has 4 aromatic rings. The zero-order valence-corrected chi connectivity index (χ0v) is 16.5. The van der Waals surface area contributed by atoms with Gasteiger partial charge in [0.25, 0.3) is 11.5 Å². The fourth-order valence-corrected chi connectivity index (χ4v) is 3.19. The van der Waals surface area contributed by atoms with Crippen LogP contribution in [0.1, 0.15) is 15.9 Å². The summed E-state index contributed by atoms with van der Waals surface area (Å²) in [5, 5.41) is 7.88. The average Bonchev–Trinajstić information content (AvgIpc) is 3.16. The Balaban J connectivity index is 1.46. The molecule has 9 heteroatoms. The van der Waals surface area contributed by atoms with Crippen LogP contribution in [-0.2, 0) is 13.1 Å². The molecule has 2 aromatic heterocycles. The number of aromatic nitrogens is 4. The topological polar surface area (TPSA) is 81.8 Å². The van der Waals surface area contributed by atoms with Gasteiger partial charge in [0.1, 0.15) is 17.5 Å². The summed E-state index contributed by atoms with van der Waals surface area (Å²) in [6, 6.07) is 12.9. The predicted molar refractivity (Wildman–Crippen MR) is 111 cm³/mol. The second-order valence-electron chi connectivity index (χ2n) is 6.64. The van der Waals surface area contributed by atoms with Crippen LogP contribution in [-0.4, -0.2) is 31.8 Å². The van der Waals surface area contributed by atoms with Gasteiger partial charge in [-0.05, 0) is 30.3 Å².